The zero-order chi connectivity index (χ0) is 12.7. The Labute approximate surface area is 110 Å². The van der Waals surface area contributed by atoms with Crippen LogP contribution in [0.15, 0.2) is 0 Å². The molecule has 0 spiro atoms. The standard InChI is InChI=1S/C13H24N2OS/c1-2-11(9-12(14)17)15-13(16)8-7-10-5-3-4-6-10/h10-11H,2-9H2,1H3,(H2,14,17)(H,15,16). The summed E-state index contributed by atoms with van der Waals surface area (Å²) < 4.78 is 0. The van der Waals surface area contributed by atoms with Crippen LogP contribution in [0.1, 0.15) is 58.3 Å². The van der Waals surface area contributed by atoms with E-state index in [0.717, 1.165) is 18.8 Å². The van der Waals surface area contributed by atoms with Gasteiger partial charge in [-0.3, -0.25) is 4.79 Å². The molecule has 0 aliphatic heterocycles. The molecule has 1 aliphatic carbocycles. The highest BCUT2D eigenvalue weighted by molar-refractivity contribution is 7.80. The Bertz CT molecular complexity index is 262. The lowest BCUT2D eigenvalue weighted by atomic mass is 10.0. The van der Waals surface area contributed by atoms with Crippen LogP contribution < -0.4 is 11.1 Å². The summed E-state index contributed by atoms with van der Waals surface area (Å²) in [5.74, 6) is 0.927. The van der Waals surface area contributed by atoms with E-state index < -0.39 is 0 Å². The highest BCUT2D eigenvalue weighted by Gasteiger charge is 2.17. The highest BCUT2D eigenvalue weighted by atomic mass is 32.1. The zero-order valence-electron chi connectivity index (χ0n) is 10.7. The van der Waals surface area contributed by atoms with Gasteiger partial charge in [-0.05, 0) is 18.8 Å². The van der Waals surface area contributed by atoms with Crippen LogP contribution in [-0.2, 0) is 4.79 Å². The van der Waals surface area contributed by atoms with Gasteiger partial charge in [0.1, 0.15) is 0 Å². The summed E-state index contributed by atoms with van der Waals surface area (Å²) >= 11 is 4.87. The fourth-order valence-electron chi connectivity index (χ4n) is 2.47. The van der Waals surface area contributed by atoms with Crippen molar-refractivity contribution in [2.45, 2.75) is 64.3 Å². The third-order valence-corrected chi connectivity index (χ3v) is 3.73. The molecule has 3 N–H and O–H groups in total. The topological polar surface area (TPSA) is 55.1 Å². The molecule has 98 valence electrons. The first-order valence-corrected chi connectivity index (χ1v) is 7.10. The van der Waals surface area contributed by atoms with Crippen molar-refractivity contribution >= 4 is 23.1 Å². The number of carbonyl (C=O) groups is 1. The van der Waals surface area contributed by atoms with Gasteiger partial charge < -0.3 is 11.1 Å². The molecule has 0 aromatic carbocycles. The molecule has 0 aromatic heterocycles. The van der Waals surface area contributed by atoms with Gasteiger partial charge in [-0.1, -0.05) is 44.8 Å². The molecule has 1 aliphatic rings. The van der Waals surface area contributed by atoms with E-state index in [1.807, 2.05) is 6.92 Å². The molecule has 1 fully saturated rings. The molecule has 0 aromatic rings. The minimum absolute atomic E-state index is 0.114. The number of amides is 1. The fourth-order valence-corrected chi connectivity index (χ4v) is 2.68. The molecule has 4 heteroatoms. The molecule has 0 bridgehead atoms. The van der Waals surface area contributed by atoms with E-state index in [1.54, 1.807) is 0 Å². The summed E-state index contributed by atoms with van der Waals surface area (Å²) in [6.07, 6.45) is 8.47. The molecular weight excluding hydrogens is 232 g/mol. The maximum atomic E-state index is 11.8. The number of hydrogen-bond acceptors (Lipinski definition) is 2. The summed E-state index contributed by atoms with van der Waals surface area (Å²) in [5, 5.41) is 3.02. The molecule has 1 saturated carbocycles. The molecule has 1 rings (SSSR count). The first-order chi connectivity index (χ1) is 8.11. The summed E-state index contributed by atoms with van der Waals surface area (Å²) in [6.45, 7) is 2.04. The van der Waals surface area contributed by atoms with Crippen molar-refractivity contribution < 1.29 is 4.79 Å². The molecule has 1 unspecified atom stereocenters. The molecule has 1 amide bonds. The van der Waals surface area contributed by atoms with E-state index in [9.17, 15) is 4.79 Å². The quantitative estimate of drug-likeness (QED) is 0.688. The normalized spacial score (nSPS) is 17.9. The van der Waals surface area contributed by atoms with Gasteiger partial charge in [0.15, 0.2) is 0 Å². The van der Waals surface area contributed by atoms with Crippen molar-refractivity contribution in [3.05, 3.63) is 0 Å². The first-order valence-electron chi connectivity index (χ1n) is 6.69. The van der Waals surface area contributed by atoms with E-state index in [-0.39, 0.29) is 11.9 Å². The molecule has 3 nitrogen and oxygen atoms in total. The van der Waals surface area contributed by atoms with Crippen molar-refractivity contribution in [2.75, 3.05) is 0 Å². The van der Waals surface area contributed by atoms with E-state index >= 15 is 0 Å². The van der Waals surface area contributed by atoms with Crippen molar-refractivity contribution in [1.29, 1.82) is 0 Å². The predicted octanol–water partition coefficient (Wildman–Crippen LogP) is 2.53. The zero-order valence-corrected chi connectivity index (χ0v) is 11.5. The summed E-state index contributed by atoms with van der Waals surface area (Å²) in [5.41, 5.74) is 5.50. The number of nitrogens with one attached hydrogen (secondary N) is 1. The van der Waals surface area contributed by atoms with Crippen LogP contribution in [0.2, 0.25) is 0 Å². The Morgan fingerprint density at radius 2 is 2.12 bits per heavy atom. The Hall–Kier alpha value is -0.640. The fraction of sp³-hybridized carbons (Fsp3) is 0.846. The Morgan fingerprint density at radius 1 is 1.47 bits per heavy atom. The molecule has 1 atom stereocenters. The number of nitrogens with two attached hydrogens (primary N) is 1. The highest BCUT2D eigenvalue weighted by Crippen LogP contribution is 2.28. The third kappa shape index (κ3) is 6.01. The summed E-state index contributed by atoms with van der Waals surface area (Å²) in [7, 11) is 0. The summed E-state index contributed by atoms with van der Waals surface area (Å²) in [4.78, 5) is 12.2. The van der Waals surface area contributed by atoms with Crippen LogP contribution in [0, 0.1) is 5.92 Å². The second kappa shape index (κ2) is 7.64. The second-order valence-electron chi connectivity index (χ2n) is 5.03. The van der Waals surface area contributed by atoms with Crippen molar-refractivity contribution in [2.24, 2.45) is 11.7 Å². The van der Waals surface area contributed by atoms with Crippen LogP contribution in [0.5, 0.6) is 0 Å². The third-order valence-electron chi connectivity index (χ3n) is 3.56. The number of rotatable bonds is 7. The van der Waals surface area contributed by atoms with Crippen molar-refractivity contribution in [1.82, 2.24) is 5.32 Å². The molecular formula is C13H24N2OS. The number of carbonyl (C=O) groups excluding carboxylic acids is 1. The maximum absolute atomic E-state index is 11.8. The van der Waals surface area contributed by atoms with Gasteiger partial charge >= 0.3 is 0 Å². The second-order valence-corrected chi connectivity index (χ2v) is 5.56. The van der Waals surface area contributed by atoms with Crippen LogP contribution in [0.3, 0.4) is 0 Å². The van der Waals surface area contributed by atoms with Crippen molar-refractivity contribution in [3.8, 4) is 0 Å². The van der Waals surface area contributed by atoms with Gasteiger partial charge in [0.25, 0.3) is 0 Å². The largest absolute Gasteiger partial charge is 0.393 e. The van der Waals surface area contributed by atoms with Gasteiger partial charge in [0.05, 0.1) is 4.99 Å². The van der Waals surface area contributed by atoms with Gasteiger partial charge in [0.2, 0.25) is 5.91 Å². The van der Waals surface area contributed by atoms with E-state index in [1.165, 1.54) is 25.7 Å². The Kier molecular flexibility index (Phi) is 6.48. The van der Waals surface area contributed by atoms with Crippen LogP contribution in [-0.4, -0.2) is 16.9 Å². The number of hydrogen-bond donors (Lipinski definition) is 2. The van der Waals surface area contributed by atoms with E-state index in [0.29, 0.717) is 17.8 Å². The van der Waals surface area contributed by atoms with Gasteiger partial charge in [-0.15, -0.1) is 0 Å². The lowest BCUT2D eigenvalue weighted by Crippen LogP contribution is -2.37. The first kappa shape index (κ1) is 14.4. The van der Waals surface area contributed by atoms with Gasteiger partial charge in [-0.25, -0.2) is 0 Å². The Balaban J connectivity index is 2.19. The molecule has 0 radical (unpaired) electrons. The lowest BCUT2D eigenvalue weighted by Gasteiger charge is -2.17. The van der Waals surface area contributed by atoms with Crippen LogP contribution in [0.25, 0.3) is 0 Å². The average Bonchev–Trinajstić information content (AvgIpc) is 2.77. The lowest BCUT2D eigenvalue weighted by molar-refractivity contribution is -0.122. The van der Waals surface area contributed by atoms with Crippen LogP contribution in [0.4, 0.5) is 0 Å². The monoisotopic (exact) mass is 256 g/mol. The smallest absolute Gasteiger partial charge is 0.220 e. The number of thiocarbonyl (C=S) groups is 1. The van der Waals surface area contributed by atoms with Gasteiger partial charge in [0, 0.05) is 18.9 Å². The summed E-state index contributed by atoms with van der Waals surface area (Å²) in [6, 6.07) is 0.114. The Morgan fingerprint density at radius 3 is 2.65 bits per heavy atom. The average molecular weight is 256 g/mol. The predicted molar refractivity (Wildman–Crippen MR) is 74.8 cm³/mol. The minimum Gasteiger partial charge on any atom is -0.393 e. The van der Waals surface area contributed by atoms with Crippen LogP contribution >= 0.6 is 12.2 Å². The molecule has 0 saturated heterocycles. The van der Waals surface area contributed by atoms with Gasteiger partial charge in [-0.2, -0.15) is 0 Å². The maximum Gasteiger partial charge on any atom is 0.220 e. The van der Waals surface area contributed by atoms with E-state index in [2.05, 4.69) is 5.32 Å². The molecule has 17 heavy (non-hydrogen) atoms. The molecule has 0 heterocycles. The van der Waals surface area contributed by atoms with E-state index in [4.69, 9.17) is 18.0 Å². The minimum atomic E-state index is 0.114. The SMILES string of the molecule is CCC(CC(N)=S)NC(=O)CCC1CCCC1. The van der Waals surface area contributed by atoms with Crippen molar-refractivity contribution in [3.63, 3.8) is 0 Å².